The molecule has 0 saturated heterocycles. The number of nitrogens with one attached hydrogen (secondary N) is 3. The second-order valence-electron chi connectivity index (χ2n) is 5.51. The summed E-state index contributed by atoms with van der Waals surface area (Å²) in [7, 11) is 0. The first-order valence-corrected chi connectivity index (χ1v) is 9.01. The second-order valence-corrected chi connectivity index (χ2v) is 6.24. The number of nitrogens with two attached hydrogens (primary N) is 1. The molecule has 144 valence electrons. The summed E-state index contributed by atoms with van der Waals surface area (Å²) in [6, 6.07) is -2.95. The van der Waals surface area contributed by atoms with Gasteiger partial charge >= 0.3 is 5.97 Å². The van der Waals surface area contributed by atoms with E-state index in [1.165, 1.54) is 0 Å². The Kier molecular flexibility index (Phi) is 11.3. The molecule has 0 aliphatic rings. The molecule has 25 heavy (non-hydrogen) atoms. The van der Waals surface area contributed by atoms with E-state index < -0.39 is 41.8 Å². The fourth-order valence-electron chi connectivity index (χ4n) is 1.69. The van der Waals surface area contributed by atoms with Crippen LogP contribution in [0, 0.1) is 5.92 Å². The van der Waals surface area contributed by atoms with Crippen molar-refractivity contribution < 1.29 is 24.3 Å². The number of amides is 3. The molecule has 0 bridgehead atoms. The number of hydrogen-bond donors (Lipinski definition) is 7. The van der Waals surface area contributed by atoms with Crippen molar-refractivity contribution in [3.05, 3.63) is 0 Å². The van der Waals surface area contributed by atoms with Gasteiger partial charge in [-0.15, -0.1) is 0 Å². The Morgan fingerprint density at radius 1 is 1.04 bits per heavy atom. The van der Waals surface area contributed by atoms with Gasteiger partial charge in [0.1, 0.15) is 12.1 Å². The molecular formula is C14H26N4O5S2. The van der Waals surface area contributed by atoms with E-state index in [1.54, 1.807) is 0 Å². The summed E-state index contributed by atoms with van der Waals surface area (Å²) in [5.74, 6) is -3.19. The zero-order chi connectivity index (χ0) is 19.6. The van der Waals surface area contributed by atoms with Gasteiger partial charge in [-0.2, -0.15) is 25.3 Å². The lowest BCUT2D eigenvalue weighted by molar-refractivity contribution is -0.141. The molecule has 9 nitrogen and oxygen atoms in total. The molecule has 0 aromatic carbocycles. The number of thiol groups is 2. The summed E-state index contributed by atoms with van der Waals surface area (Å²) < 4.78 is 0. The predicted octanol–water partition coefficient (Wildman–Crippen LogP) is -1.61. The summed E-state index contributed by atoms with van der Waals surface area (Å²) in [4.78, 5) is 46.5. The molecule has 0 aromatic heterocycles. The van der Waals surface area contributed by atoms with E-state index in [4.69, 9.17) is 10.8 Å². The van der Waals surface area contributed by atoms with Crippen molar-refractivity contribution in [2.45, 2.75) is 38.4 Å². The Morgan fingerprint density at radius 3 is 2.04 bits per heavy atom. The number of aliphatic carboxylic acids is 1. The second kappa shape index (κ2) is 12.0. The quantitative estimate of drug-likeness (QED) is 0.210. The number of hydrogen-bond acceptors (Lipinski definition) is 7. The van der Waals surface area contributed by atoms with Gasteiger partial charge in [0.15, 0.2) is 0 Å². The number of carbonyl (C=O) groups excluding carboxylic acids is 3. The zero-order valence-corrected chi connectivity index (χ0v) is 16.0. The highest BCUT2D eigenvalue weighted by Crippen LogP contribution is 2.04. The molecule has 4 unspecified atom stereocenters. The van der Waals surface area contributed by atoms with Crippen LogP contribution >= 0.6 is 25.3 Å². The lowest BCUT2D eigenvalue weighted by Gasteiger charge is -2.20. The summed E-state index contributed by atoms with van der Waals surface area (Å²) in [5.41, 5.74) is 5.75. The molecule has 0 saturated carbocycles. The highest BCUT2D eigenvalue weighted by atomic mass is 32.1. The minimum atomic E-state index is -1.24. The van der Waals surface area contributed by atoms with Crippen LogP contribution in [-0.2, 0) is 19.2 Å². The van der Waals surface area contributed by atoms with Crippen LogP contribution in [0.5, 0.6) is 0 Å². The molecule has 4 atom stereocenters. The van der Waals surface area contributed by atoms with E-state index in [2.05, 4.69) is 41.2 Å². The van der Waals surface area contributed by atoms with Gasteiger partial charge in [-0.1, -0.05) is 20.3 Å². The number of carboxylic acid groups (broad SMARTS) is 1. The standard InChI is InChI=1S/C14H26N4O5S2/c1-3-7(2)11(15)13(21)16-4-10(19)17-8(5-24)12(20)18-9(6-25)14(22)23/h7-9,11,24-25H,3-6,15H2,1-2H3,(H,16,21)(H,17,19)(H,18,20)(H,22,23). The largest absolute Gasteiger partial charge is 0.480 e. The molecule has 0 aromatic rings. The van der Waals surface area contributed by atoms with E-state index in [9.17, 15) is 19.2 Å². The molecule has 0 spiro atoms. The van der Waals surface area contributed by atoms with Gasteiger partial charge in [0.25, 0.3) is 0 Å². The maximum Gasteiger partial charge on any atom is 0.327 e. The van der Waals surface area contributed by atoms with Crippen LogP contribution in [0.2, 0.25) is 0 Å². The van der Waals surface area contributed by atoms with Crippen molar-refractivity contribution in [1.82, 2.24) is 16.0 Å². The molecule has 0 rings (SSSR count). The van der Waals surface area contributed by atoms with Crippen molar-refractivity contribution in [1.29, 1.82) is 0 Å². The lowest BCUT2D eigenvalue weighted by atomic mass is 9.99. The van der Waals surface area contributed by atoms with Crippen molar-refractivity contribution in [2.75, 3.05) is 18.1 Å². The average molecular weight is 395 g/mol. The fraction of sp³-hybridized carbons (Fsp3) is 0.714. The highest BCUT2D eigenvalue weighted by molar-refractivity contribution is 7.80. The third kappa shape index (κ3) is 8.45. The van der Waals surface area contributed by atoms with Crippen LogP contribution in [-0.4, -0.2) is 65.0 Å². The topological polar surface area (TPSA) is 151 Å². The average Bonchev–Trinajstić information content (AvgIpc) is 2.59. The van der Waals surface area contributed by atoms with Crippen LogP contribution in [0.3, 0.4) is 0 Å². The summed E-state index contributed by atoms with van der Waals surface area (Å²) >= 11 is 7.80. The third-order valence-corrected chi connectivity index (χ3v) is 4.34. The first kappa shape index (κ1) is 23.5. The molecule has 11 heteroatoms. The van der Waals surface area contributed by atoms with Gasteiger partial charge in [-0.05, 0) is 5.92 Å². The Hall–Kier alpha value is -1.46. The van der Waals surface area contributed by atoms with Gasteiger partial charge in [-0.3, -0.25) is 14.4 Å². The van der Waals surface area contributed by atoms with E-state index in [-0.39, 0.29) is 24.0 Å². The Bertz CT molecular complexity index is 492. The van der Waals surface area contributed by atoms with Crippen molar-refractivity contribution in [3.63, 3.8) is 0 Å². The first-order chi connectivity index (χ1) is 11.7. The van der Waals surface area contributed by atoms with E-state index in [0.717, 1.165) is 6.42 Å². The monoisotopic (exact) mass is 394 g/mol. The van der Waals surface area contributed by atoms with Gasteiger partial charge in [-0.25, -0.2) is 4.79 Å². The lowest BCUT2D eigenvalue weighted by Crippen LogP contribution is -2.55. The normalized spacial score (nSPS) is 15.4. The molecule has 0 radical (unpaired) electrons. The van der Waals surface area contributed by atoms with Crippen molar-refractivity contribution in [3.8, 4) is 0 Å². The summed E-state index contributed by atoms with van der Waals surface area (Å²) in [6.45, 7) is 3.37. The maximum absolute atomic E-state index is 12.0. The van der Waals surface area contributed by atoms with Crippen LogP contribution in [0.1, 0.15) is 20.3 Å². The Balaban J connectivity index is 4.52. The number of carboxylic acids is 1. The van der Waals surface area contributed by atoms with Crippen LogP contribution in [0.4, 0.5) is 0 Å². The minimum absolute atomic E-state index is 0.0341. The van der Waals surface area contributed by atoms with Crippen molar-refractivity contribution >= 4 is 48.9 Å². The Labute approximate surface area is 157 Å². The minimum Gasteiger partial charge on any atom is -0.480 e. The van der Waals surface area contributed by atoms with Crippen LogP contribution in [0.25, 0.3) is 0 Å². The Morgan fingerprint density at radius 2 is 1.60 bits per heavy atom. The summed E-state index contributed by atoms with van der Waals surface area (Å²) in [5, 5.41) is 15.9. The SMILES string of the molecule is CCC(C)C(N)C(=O)NCC(=O)NC(CS)C(=O)NC(CS)C(=O)O. The molecule has 0 heterocycles. The number of rotatable bonds is 11. The van der Waals surface area contributed by atoms with E-state index in [0.29, 0.717) is 0 Å². The smallest absolute Gasteiger partial charge is 0.327 e. The molecule has 0 aliphatic carbocycles. The maximum atomic E-state index is 12.0. The third-order valence-electron chi connectivity index (χ3n) is 3.61. The molecule has 3 amide bonds. The van der Waals surface area contributed by atoms with Gasteiger partial charge < -0.3 is 26.8 Å². The first-order valence-electron chi connectivity index (χ1n) is 7.75. The fourth-order valence-corrected chi connectivity index (χ4v) is 2.20. The molecule has 0 fully saturated rings. The van der Waals surface area contributed by atoms with E-state index in [1.807, 2.05) is 13.8 Å². The zero-order valence-electron chi connectivity index (χ0n) is 14.2. The summed E-state index contributed by atoms with van der Waals surface area (Å²) in [6.07, 6.45) is 0.721. The van der Waals surface area contributed by atoms with Crippen LogP contribution < -0.4 is 21.7 Å². The molecule has 0 aliphatic heterocycles. The predicted molar refractivity (Wildman–Crippen MR) is 99.6 cm³/mol. The van der Waals surface area contributed by atoms with Gasteiger partial charge in [0, 0.05) is 11.5 Å². The highest BCUT2D eigenvalue weighted by Gasteiger charge is 2.25. The molecule has 6 N–H and O–H groups in total. The van der Waals surface area contributed by atoms with Gasteiger partial charge in [0.2, 0.25) is 17.7 Å². The van der Waals surface area contributed by atoms with Crippen molar-refractivity contribution in [2.24, 2.45) is 11.7 Å². The van der Waals surface area contributed by atoms with Gasteiger partial charge in [0.05, 0.1) is 12.6 Å². The molecular weight excluding hydrogens is 368 g/mol. The van der Waals surface area contributed by atoms with Crippen LogP contribution in [0.15, 0.2) is 0 Å². The van der Waals surface area contributed by atoms with E-state index >= 15 is 0 Å². The number of carbonyl (C=O) groups is 4.